The summed E-state index contributed by atoms with van der Waals surface area (Å²) in [6.07, 6.45) is -0.829. The normalized spacial score (nSPS) is 10.1. The molecule has 0 radical (unpaired) electrons. The number of halogens is 1. The van der Waals surface area contributed by atoms with Crippen LogP contribution in [0.1, 0.15) is 5.56 Å². The van der Waals surface area contributed by atoms with Crippen LogP contribution in [-0.4, -0.2) is 24.2 Å². The molecule has 0 aliphatic rings. The highest BCUT2D eigenvalue weighted by atomic mass is 35.5. The molecule has 0 unspecified atom stereocenters. The third kappa shape index (κ3) is 4.56. The van der Waals surface area contributed by atoms with Gasteiger partial charge in [0, 0.05) is 25.2 Å². The molecular formula is C10H12ClN3O4. The molecule has 1 rings (SSSR count). The molecule has 3 N–H and O–H groups in total. The van der Waals surface area contributed by atoms with E-state index in [2.05, 4.69) is 10.1 Å². The number of carbonyl (C=O) groups excluding carboxylic acids is 1. The van der Waals surface area contributed by atoms with Gasteiger partial charge in [-0.25, -0.2) is 4.79 Å². The number of nitro groups is 1. The monoisotopic (exact) mass is 273 g/mol. The Morgan fingerprint density at radius 2 is 2.28 bits per heavy atom. The standard InChI is InChI=1S/C10H12ClN3O4/c11-9-5-8(14(16)17)2-1-7(9)6-13-3-4-18-10(12)15/h1-2,5,13H,3-4,6H2,(H2,12,15). The summed E-state index contributed by atoms with van der Waals surface area (Å²) in [7, 11) is 0. The summed E-state index contributed by atoms with van der Waals surface area (Å²) in [5.74, 6) is 0. The molecule has 1 aromatic carbocycles. The molecule has 98 valence electrons. The van der Waals surface area contributed by atoms with Crippen LogP contribution in [0.3, 0.4) is 0 Å². The number of non-ortho nitro benzene ring substituents is 1. The van der Waals surface area contributed by atoms with E-state index < -0.39 is 11.0 Å². The van der Waals surface area contributed by atoms with Gasteiger partial charge in [-0.2, -0.15) is 0 Å². The predicted molar refractivity (Wildman–Crippen MR) is 65.3 cm³/mol. The van der Waals surface area contributed by atoms with Crippen LogP contribution in [-0.2, 0) is 11.3 Å². The second-order valence-electron chi connectivity index (χ2n) is 3.38. The van der Waals surface area contributed by atoms with Gasteiger partial charge in [-0.1, -0.05) is 11.6 Å². The Morgan fingerprint density at radius 3 is 2.83 bits per heavy atom. The Morgan fingerprint density at radius 1 is 1.56 bits per heavy atom. The minimum absolute atomic E-state index is 0.0548. The van der Waals surface area contributed by atoms with Gasteiger partial charge in [0.15, 0.2) is 0 Å². The number of ether oxygens (including phenoxy) is 1. The molecule has 0 fully saturated rings. The van der Waals surface area contributed by atoms with Crippen molar-refractivity contribution in [1.82, 2.24) is 5.32 Å². The Kier molecular flexibility index (Phi) is 5.34. The molecule has 18 heavy (non-hydrogen) atoms. The second-order valence-corrected chi connectivity index (χ2v) is 3.78. The minimum atomic E-state index is -0.829. The lowest BCUT2D eigenvalue weighted by atomic mass is 10.2. The van der Waals surface area contributed by atoms with Gasteiger partial charge >= 0.3 is 6.09 Å². The first-order chi connectivity index (χ1) is 8.50. The number of nitro benzene ring substituents is 1. The number of nitrogens with two attached hydrogens (primary N) is 1. The quantitative estimate of drug-likeness (QED) is 0.463. The Hall–Kier alpha value is -1.86. The summed E-state index contributed by atoms with van der Waals surface area (Å²) >= 11 is 5.89. The summed E-state index contributed by atoms with van der Waals surface area (Å²) in [4.78, 5) is 20.3. The van der Waals surface area contributed by atoms with Crippen LogP contribution in [0.2, 0.25) is 5.02 Å². The molecule has 0 spiro atoms. The van der Waals surface area contributed by atoms with Crippen molar-refractivity contribution in [2.45, 2.75) is 6.54 Å². The van der Waals surface area contributed by atoms with Crippen LogP contribution in [0.4, 0.5) is 10.5 Å². The molecule has 0 saturated carbocycles. The van der Waals surface area contributed by atoms with Gasteiger partial charge in [0.25, 0.3) is 5.69 Å². The number of amides is 1. The smallest absolute Gasteiger partial charge is 0.404 e. The minimum Gasteiger partial charge on any atom is -0.448 e. The Balaban J connectivity index is 2.43. The van der Waals surface area contributed by atoms with Crippen LogP contribution in [0, 0.1) is 10.1 Å². The van der Waals surface area contributed by atoms with Crippen LogP contribution in [0.15, 0.2) is 18.2 Å². The van der Waals surface area contributed by atoms with Crippen molar-refractivity contribution in [2.75, 3.05) is 13.2 Å². The van der Waals surface area contributed by atoms with E-state index >= 15 is 0 Å². The number of rotatable bonds is 6. The lowest BCUT2D eigenvalue weighted by Crippen LogP contribution is -2.23. The van der Waals surface area contributed by atoms with E-state index in [4.69, 9.17) is 17.3 Å². The number of carbonyl (C=O) groups is 1. The maximum Gasteiger partial charge on any atom is 0.404 e. The highest BCUT2D eigenvalue weighted by molar-refractivity contribution is 6.31. The zero-order valence-corrected chi connectivity index (χ0v) is 10.1. The van der Waals surface area contributed by atoms with Gasteiger partial charge in [-0.3, -0.25) is 10.1 Å². The zero-order chi connectivity index (χ0) is 13.5. The molecule has 0 saturated heterocycles. The van der Waals surface area contributed by atoms with Crippen LogP contribution >= 0.6 is 11.6 Å². The van der Waals surface area contributed by atoms with E-state index in [0.717, 1.165) is 5.56 Å². The summed E-state index contributed by atoms with van der Waals surface area (Å²) in [6.45, 7) is 0.981. The SMILES string of the molecule is NC(=O)OCCNCc1ccc([N+](=O)[O-])cc1Cl. The topological polar surface area (TPSA) is 107 Å². The van der Waals surface area contributed by atoms with E-state index in [1.54, 1.807) is 6.07 Å². The number of nitrogens with one attached hydrogen (secondary N) is 1. The predicted octanol–water partition coefficient (Wildman–Crippen LogP) is 1.43. The molecule has 0 aromatic heterocycles. The van der Waals surface area contributed by atoms with Crippen molar-refractivity contribution < 1.29 is 14.5 Å². The number of benzene rings is 1. The van der Waals surface area contributed by atoms with Crippen molar-refractivity contribution in [3.8, 4) is 0 Å². The third-order valence-corrected chi connectivity index (χ3v) is 2.44. The molecule has 0 bridgehead atoms. The average Bonchev–Trinajstić information content (AvgIpc) is 2.29. The van der Waals surface area contributed by atoms with Gasteiger partial charge in [-0.05, 0) is 11.6 Å². The van der Waals surface area contributed by atoms with Crippen LogP contribution < -0.4 is 11.1 Å². The van der Waals surface area contributed by atoms with Crippen molar-refractivity contribution in [1.29, 1.82) is 0 Å². The summed E-state index contributed by atoms with van der Waals surface area (Å²) < 4.78 is 4.51. The molecule has 0 aliphatic heterocycles. The lowest BCUT2D eigenvalue weighted by Gasteiger charge is -2.06. The van der Waals surface area contributed by atoms with Crippen molar-refractivity contribution in [3.63, 3.8) is 0 Å². The molecule has 8 heteroatoms. The average molecular weight is 274 g/mol. The fourth-order valence-electron chi connectivity index (χ4n) is 1.24. The fraction of sp³-hybridized carbons (Fsp3) is 0.300. The van der Waals surface area contributed by atoms with Crippen LogP contribution in [0.25, 0.3) is 0 Å². The highest BCUT2D eigenvalue weighted by Crippen LogP contribution is 2.22. The van der Waals surface area contributed by atoms with Crippen molar-refractivity contribution >= 4 is 23.4 Å². The van der Waals surface area contributed by atoms with Gasteiger partial charge in [-0.15, -0.1) is 0 Å². The maximum absolute atomic E-state index is 10.5. The van der Waals surface area contributed by atoms with Gasteiger partial charge in [0.1, 0.15) is 6.61 Å². The van der Waals surface area contributed by atoms with Crippen LogP contribution in [0.5, 0.6) is 0 Å². The second kappa shape index (κ2) is 6.77. The Bertz CT molecular complexity index is 453. The van der Waals surface area contributed by atoms with E-state index in [1.807, 2.05) is 0 Å². The zero-order valence-electron chi connectivity index (χ0n) is 9.39. The van der Waals surface area contributed by atoms with Gasteiger partial charge < -0.3 is 15.8 Å². The van der Waals surface area contributed by atoms with Gasteiger partial charge in [0.05, 0.1) is 9.95 Å². The highest BCUT2D eigenvalue weighted by Gasteiger charge is 2.08. The number of nitrogens with zero attached hydrogens (tertiary/aromatic N) is 1. The first kappa shape index (κ1) is 14.2. The molecule has 0 atom stereocenters. The number of hydrogen-bond donors (Lipinski definition) is 2. The van der Waals surface area contributed by atoms with Crippen molar-refractivity contribution in [3.05, 3.63) is 38.9 Å². The maximum atomic E-state index is 10.5. The molecule has 1 aromatic rings. The summed E-state index contributed by atoms with van der Waals surface area (Å²) in [6, 6.07) is 4.24. The van der Waals surface area contributed by atoms with E-state index in [1.165, 1.54) is 12.1 Å². The lowest BCUT2D eigenvalue weighted by molar-refractivity contribution is -0.384. The third-order valence-electron chi connectivity index (χ3n) is 2.09. The van der Waals surface area contributed by atoms with E-state index in [-0.39, 0.29) is 12.3 Å². The van der Waals surface area contributed by atoms with Gasteiger partial charge in [0.2, 0.25) is 0 Å². The molecule has 1 amide bonds. The van der Waals surface area contributed by atoms with Crippen molar-refractivity contribution in [2.24, 2.45) is 5.73 Å². The fourth-order valence-corrected chi connectivity index (χ4v) is 1.48. The van der Waals surface area contributed by atoms with E-state index in [9.17, 15) is 14.9 Å². The number of primary amides is 1. The first-order valence-electron chi connectivity index (χ1n) is 5.06. The molecule has 7 nitrogen and oxygen atoms in total. The molecular weight excluding hydrogens is 262 g/mol. The summed E-state index contributed by atoms with van der Waals surface area (Å²) in [5.41, 5.74) is 5.45. The number of hydrogen-bond acceptors (Lipinski definition) is 5. The molecule has 0 heterocycles. The largest absolute Gasteiger partial charge is 0.448 e. The molecule has 0 aliphatic carbocycles. The first-order valence-corrected chi connectivity index (χ1v) is 5.44. The Labute approximate surface area is 108 Å². The summed E-state index contributed by atoms with van der Waals surface area (Å²) in [5, 5.41) is 13.8. The van der Waals surface area contributed by atoms with E-state index in [0.29, 0.717) is 18.1 Å².